The van der Waals surface area contributed by atoms with E-state index in [2.05, 4.69) is 14.9 Å². The van der Waals surface area contributed by atoms with Crippen LogP contribution in [0.1, 0.15) is 43.4 Å². The molecule has 2 aliphatic rings. The summed E-state index contributed by atoms with van der Waals surface area (Å²) >= 11 is 1.06. The predicted molar refractivity (Wildman–Crippen MR) is 107 cm³/mol. The molecule has 0 N–H and O–H groups in total. The lowest BCUT2D eigenvalue weighted by Crippen LogP contribution is -2.49. The molecule has 1 saturated carbocycles. The smallest absolute Gasteiger partial charge is 0.352 e. The minimum absolute atomic E-state index is 0.229. The lowest BCUT2D eigenvalue weighted by Gasteiger charge is -2.36. The first-order valence-electron chi connectivity index (χ1n) is 10.2. The van der Waals surface area contributed by atoms with E-state index < -0.39 is 12.6 Å². The van der Waals surface area contributed by atoms with Gasteiger partial charge in [-0.2, -0.15) is 13.2 Å². The second kappa shape index (κ2) is 8.45. The number of nitrogens with zero attached hydrogens (tertiary/aromatic N) is 4. The molecule has 2 fully saturated rings. The van der Waals surface area contributed by atoms with Crippen LogP contribution in [0.15, 0.2) is 12.4 Å². The Morgan fingerprint density at radius 3 is 2.52 bits per heavy atom. The normalized spacial score (nSPS) is 19.1. The van der Waals surface area contributed by atoms with Gasteiger partial charge in [0.05, 0.1) is 11.8 Å². The molecule has 5 nitrogen and oxygen atoms in total. The quantitative estimate of drug-likeness (QED) is 0.727. The summed E-state index contributed by atoms with van der Waals surface area (Å²) in [5.74, 6) is 1.42. The molecule has 1 saturated heterocycles. The number of halogens is 3. The topological polar surface area (TPSA) is 49.3 Å². The van der Waals surface area contributed by atoms with Gasteiger partial charge in [-0.25, -0.2) is 9.97 Å². The third kappa shape index (κ3) is 4.99. The Hall–Kier alpha value is -1.90. The number of thiophene rings is 1. The van der Waals surface area contributed by atoms with Gasteiger partial charge in [0.25, 0.3) is 0 Å². The number of hydrogen-bond donors (Lipinski definition) is 0. The van der Waals surface area contributed by atoms with Gasteiger partial charge in [0.2, 0.25) is 5.91 Å². The van der Waals surface area contributed by atoms with Crippen molar-refractivity contribution < 1.29 is 18.0 Å². The molecule has 0 unspecified atom stereocenters. The number of fused-ring (bicyclic) bond motifs is 1. The fraction of sp³-hybridized carbons (Fsp3) is 0.650. The first-order valence-corrected chi connectivity index (χ1v) is 11.0. The highest BCUT2D eigenvalue weighted by Crippen LogP contribution is 2.34. The number of alkyl halides is 3. The van der Waals surface area contributed by atoms with Crippen LogP contribution in [0.4, 0.5) is 19.0 Å². The van der Waals surface area contributed by atoms with Gasteiger partial charge in [-0.3, -0.25) is 4.79 Å². The summed E-state index contributed by atoms with van der Waals surface area (Å²) in [6.45, 7) is 2.51. The Bertz CT molecular complexity index is 855. The Kier molecular flexibility index (Phi) is 5.94. The number of anilines is 1. The lowest BCUT2D eigenvalue weighted by atomic mass is 9.86. The van der Waals surface area contributed by atoms with Gasteiger partial charge in [-0.15, -0.1) is 11.3 Å². The minimum Gasteiger partial charge on any atom is -0.352 e. The number of carbonyl (C=O) groups excluding carboxylic acids is 1. The molecule has 0 bridgehead atoms. The van der Waals surface area contributed by atoms with Crippen LogP contribution >= 0.6 is 11.3 Å². The monoisotopic (exact) mass is 426 g/mol. The summed E-state index contributed by atoms with van der Waals surface area (Å²) in [6, 6.07) is 1.56. The summed E-state index contributed by atoms with van der Waals surface area (Å²) in [6.07, 6.45) is 2.92. The Morgan fingerprint density at radius 1 is 1.10 bits per heavy atom. The first-order chi connectivity index (χ1) is 13.9. The highest BCUT2D eigenvalue weighted by molar-refractivity contribution is 7.18. The van der Waals surface area contributed by atoms with E-state index in [-0.39, 0.29) is 10.8 Å². The highest BCUT2D eigenvalue weighted by Gasteiger charge is 2.30. The average Bonchev–Trinajstić information content (AvgIpc) is 3.09. The molecule has 0 radical (unpaired) electrons. The minimum atomic E-state index is -4.24. The van der Waals surface area contributed by atoms with Crippen molar-refractivity contribution in [1.82, 2.24) is 14.9 Å². The summed E-state index contributed by atoms with van der Waals surface area (Å²) in [5, 5.41) is 0.665. The van der Waals surface area contributed by atoms with Crippen LogP contribution in [0.2, 0.25) is 0 Å². The fourth-order valence-electron chi connectivity index (χ4n) is 4.36. The van der Waals surface area contributed by atoms with Gasteiger partial charge >= 0.3 is 6.18 Å². The van der Waals surface area contributed by atoms with Crippen molar-refractivity contribution >= 4 is 33.3 Å². The maximum atomic E-state index is 12.7. The van der Waals surface area contributed by atoms with Crippen molar-refractivity contribution in [2.75, 3.05) is 31.1 Å². The maximum Gasteiger partial charge on any atom is 0.393 e. The van der Waals surface area contributed by atoms with Crippen LogP contribution in [0.25, 0.3) is 10.2 Å². The van der Waals surface area contributed by atoms with E-state index in [0.29, 0.717) is 54.6 Å². The molecule has 2 aromatic heterocycles. The van der Waals surface area contributed by atoms with E-state index in [9.17, 15) is 18.0 Å². The Labute approximate surface area is 171 Å². The zero-order valence-electron chi connectivity index (χ0n) is 16.2. The zero-order chi connectivity index (χ0) is 20.4. The maximum absolute atomic E-state index is 12.7. The Balaban J connectivity index is 1.40. The van der Waals surface area contributed by atoms with Gasteiger partial charge in [-0.1, -0.05) is 19.3 Å². The van der Waals surface area contributed by atoms with Crippen LogP contribution in [0.5, 0.6) is 0 Å². The molecule has 9 heteroatoms. The van der Waals surface area contributed by atoms with E-state index in [4.69, 9.17) is 0 Å². The van der Waals surface area contributed by atoms with Crippen LogP contribution in [-0.2, 0) is 11.2 Å². The van der Waals surface area contributed by atoms with Gasteiger partial charge in [0.15, 0.2) is 0 Å². The first kappa shape index (κ1) is 20.4. The predicted octanol–water partition coefficient (Wildman–Crippen LogP) is 4.42. The van der Waals surface area contributed by atoms with Gasteiger partial charge in [0.1, 0.15) is 17.0 Å². The van der Waals surface area contributed by atoms with Crippen molar-refractivity contribution in [3.05, 3.63) is 17.3 Å². The number of carbonyl (C=O) groups is 1. The van der Waals surface area contributed by atoms with E-state index in [0.717, 1.165) is 24.2 Å². The third-order valence-corrected chi connectivity index (χ3v) is 6.90. The molecule has 0 spiro atoms. The third-order valence-electron chi connectivity index (χ3n) is 5.85. The van der Waals surface area contributed by atoms with E-state index in [1.165, 1.54) is 25.6 Å². The molecule has 4 rings (SSSR count). The number of amides is 1. The van der Waals surface area contributed by atoms with Crippen molar-refractivity contribution in [3.8, 4) is 0 Å². The number of piperazine rings is 1. The van der Waals surface area contributed by atoms with Crippen molar-refractivity contribution in [1.29, 1.82) is 0 Å². The van der Waals surface area contributed by atoms with E-state index in [1.54, 1.807) is 6.07 Å². The summed E-state index contributed by atoms with van der Waals surface area (Å²) in [7, 11) is 0. The molecule has 0 aromatic carbocycles. The van der Waals surface area contributed by atoms with Gasteiger partial charge in [-0.05, 0) is 24.8 Å². The second-order valence-electron chi connectivity index (χ2n) is 8.00. The average molecular weight is 427 g/mol. The van der Waals surface area contributed by atoms with Crippen LogP contribution < -0.4 is 4.90 Å². The number of aromatic nitrogens is 2. The van der Waals surface area contributed by atoms with E-state index in [1.807, 2.05) is 4.90 Å². The van der Waals surface area contributed by atoms with Crippen LogP contribution in [0.3, 0.4) is 0 Å². The van der Waals surface area contributed by atoms with Crippen molar-refractivity contribution in [2.45, 2.75) is 51.1 Å². The standard InChI is InChI=1S/C20H25F3N4OS/c21-20(22,23)12-15-11-16-18(24-13-25-19(16)29-15)27-8-6-26(7-9-27)17(28)10-14-4-2-1-3-5-14/h11,13-14H,1-10,12H2. The van der Waals surface area contributed by atoms with Crippen molar-refractivity contribution in [2.24, 2.45) is 5.92 Å². The molecule has 0 atom stereocenters. The second-order valence-corrected chi connectivity index (χ2v) is 9.11. The molecule has 1 amide bonds. The molecule has 29 heavy (non-hydrogen) atoms. The summed E-state index contributed by atoms with van der Waals surface area (Å²) in [4.78, 5) is 25.9. The molecule has 1 aliphatic heterocycles. The SMILES string of the molecule is O=C(CC1CCCCC1)N1CCN(c2ncnc3sc(CC(F)(F)F)cc23)CC1. The van der Waals surface area contributed by atoms with Crippen LogP contribution in [0, 0.1) is 5.92 Å². The van der Waals surface area contributed by atoms with E-state index >= 15 is 0 Å². The van der Waals surface area contributed by atoms with Crippen molar-refractivity contribution in [3.63, 3.8) is 0 Å². The molecule has 3 heterocycles. The molecular weight excluding hydrogens is 401 g/mol. The molecule has 158 valence electrons. The largest absolute Gasteiger partial charge is 0.393 e. The molecular formula is C20H25F3N4OS. The number of hydrogen-bond acceptors (Lipinski definition) is 5. The lowest BCUT2D eigenvalue weighted by molar-refractivity contribution is -0.132. The summed E-state index contributed by atoms with van der Waals surface area (Å²) in [5.41, 5.74) is 0. The van der Waals surface area contributed by atoms with Gasteiger partial charge in [0, 0.05) is 37.5 Å². The molecule has 2 aromatic rings. The zero-order valence-corrected chi connectivity index (χ0v) is 17.1. The molecule has 1 aliphatic carbocycles. The summed E-state index contributed by atoms with van der Waals surface area (Å²) < 4.78 is 38.2. The highest BCUT2D eigenvalue weighted by atomic mass is 32.1. The fourth-order valence-corrected chi connectivity index (χ4v) is 5.39. The van der Waals surface area contributed by atoms with Crippen LogP contribution in [-0.4, -0.2) is 53.1 Å². The van der Waals surface area contributed by atoms with Gasteiger partial charge < -0.3 is 9.80 Å². The Morgan fingerprint density at radius 2 is 1.83 bits per heavy atom. The number of rotatable bonds is 4.